The van der Waals surface area contributed by atoms with Crippen LogP contribution in [0.15, 0.2) is 53.3 Å². The van der Waals surface area contributed by atoms with Crippen molar-refractivity contribution in [3.05, 3.63) is 75.8 Å². The zero-order valence-electron chi connectivity index (χ0n) is 15.7. The Balaban J connectivity index is 1.71. The van der Waals surface area contributed by atoms with Crippen molar-refractivity contribution in [2.75, 3.05) is 7.11 Å². The largest absolute Gasteiger partial charge is 0.465 e. The second kappa shape index (κ2) is 7.19. The van der Waals surface area contributed by atoms with Gasteiger partial charge in [-0.15, -0.1) is 10.2 Å². The summed E-state index contributed by atoms with van der Waals surface area (Å²) in [6, 6.07) is 13.3. The van der Waals surface area contributed by atoms with Crippen LogP contribution in [0.3, 0.4) is 0 Å². The third-order valence-electron chi connectivity index (χ3n) is 4.58. The quantitative estimate of drug-likeness (QED) is 0.487. The van der Waals surface area contributed by atoms with E-state index in [-0.39, 0.29) is 23.3 Å². The molecule has 9 nitrogen and oxygen atoms in total. The van der Waals surface area contributed by atoms with Crippen molar-refractivity contribution in [2.24, 2.45) is 7.05 Å². The Morgan fingerprint density at radius 2 is 1.62 bits per heavy atom. The third-order valence-corrected chi connectivity index (χ3v) is 4.58. The summed E-state index contributed by atoms with van der Waals surface area (Å²) in [5.41, 5.74) is 0.608. The van der Waals surface area contributed by atoms with Crippen LogP contribution in [0.5, 0.6) is 0 Å². The lowest BCUT2D eigenvalue weighted by molar-refractivity contribution is 0.0447. The number of esters is 2. The second-order valence-electron chi connectivity index (χ2n) is 6.25. The van der Waals surface area contributed by atoms with Gasteiger partial charge in [0.25, 0.3) is 5.56 Å². The number of carbonyl (C=O) groups is 2. The first-order valence-electron chi connectivity index (χ1n) is 8.69. The van der Waals surface area contributed by atoms with E-state index >= 15 is 0 Å². The van der Waals surface area contributed by atoms with Crippen molar-refractivity contribution < 1.29 is 19.1 Å². The Morgan fingerprint density at radius 1 is 0.966 bits per heavy atom. The molecule has 0 unspecified atom stereocenters. The molecule has 0 atom stereocenters. The molecule has 0 aliphatic carbocycles. The van der Waals surface area contributed by atoms with Crippen LogP contribution in [0.2, 0.25) is 0 Å². The molecule has 2 aromatic heterocycles. The first-order chi connectivity index (χ1) is 14.0. The van der Waals surface area contributed by atoms with E-state index in [1.807, 2.05) is 0 Å². The Morgan fingerprint density at radius 3 is 2.34 bits per heavy atom. The molecule has 0 aliphatic heterocycles. The molecule has 0 saturated heterocycles. The molecular formula is C20H16N4O5. The lowest BCUT2D eigenvalue weighted by atomic mass is 10.1. The second-order valence-corrected chi connectivity index (χ2v) is 6.25. The molecule has 0 radical (unpaired) electrons. The zero-order valence-corrected chi connectivity index (χ0v) is 15.7. The van der Waals surface area contributed by atoms with Gasteiger partial charge in [-0.1, -0.05) is 24.3 Å². The molecular weight excluding hydrogens is 376 g/mol. The molecule has 0 aliphatic rings. The van der Waals surface area contributed by atoms with Gasteiger partial charge in [-0.25, -0.2) is 9.59 Å². The lowest BCUT2D eigenvalue weighted by Crippen LogP contribution is -2.20. The van der Waals surface area contributed by atoms with Crippen molar-refractivity contribution >= 4 is 28.6 Å². The van der Waals surface area contributed by atoms with Gasteiger partial charge in [0.05, 0.1) is 29.1 Å². The lowest BCUT2D eigenvalue weighted by Gasteiger charge is -2.09. The molecule has 146 valence electrons. The summed E-state index contributed by atoms with van der Waals surface area (Å²) < 4.78 is 13.1. The van der Waals surface area contributed by atoms with Gasteiger partial charge in [0, 0.05) is 7.05 Å². The van der Waals surface area contributed by atoms with E-state index in [9.17, 15) is 14.4 Å². The summed E-state index contributed by atoms with van der Waals surface area (Å²) in [5, 5.41) is 8.61. The molecule has 29 heavy (non-hydrogen) atoms. The van der Waals surface area contributed by atoms with E-state index in [4.69, 9.17) is 9.47 Å². The maximum Gasteiger partial charge on any atom is 0.339 e. The molecule has 0 spiro atoms. The van der Waals surface area contributed by atoms with E-state index in [1.54, 1.807) is 47.8 Å². The fraction of sp³-hybridized carbons (Fsp3) is 0.150. The maximum absolute atomic E-state index is 12.6. The summed E-state index contributed by atoms with van der Waals surface area (Å²) in [6.45, 7) is -0.197. The van der Waals surface area contributed by atoms with Gasteiger partial charge >= 0.3 is 11.9 Å². The van der Waals surface area contributed by atoms with Gasteiger partial charge in [-0.3, -0.25) is 13.8 Å². The van der Waals surface area contributed by atoms with Crippen LogP contribution in [0, 0.1) is 0 Å². The minimum Gasteiger partial charge on any atom is -0.465 e. The number of rotatable bonds is 4. The van der Waals surface area contributed by atoms with Crippen molar-refractivity contribution in [3.8, 4) is 0 Å². The summed E-state index contributed by atoms with van der Waals surface area (Å²) >= 11 is 0. The normalized spacial score (nSPS) is 11.0. The molecule has 0 N–H and O–H groups in total. The molecule has 0 fully saturated rings. The van der Waals surface area contributed by atoms with Crippen LogP contribution in [0.1, 0.15) is 26.5 Å². The summed E-state index contributed by atoms with van der Waals surface area (Å²) in [5.74, 6) is -0.659. The predicted molar refractivity (Wildman–Crippen MR) is 103 cm³/mol. The number of para-hydroxylation sites is 1. The highest BCUT2D eigenvalue weighted by Gasteiger charge is 2.20. The van der Waals surface area contributed by atoms with E-state index in [0.29, 0.717) is 22.5 Å². The molecule has 0 amide bonds. The summed E-state index contributed by atoms with van der Waals surface area (Å²) in [6.07, 6.45) is 0. The topological polar surface area (TPSA) is 105 Å². The molecule has 2 aromatic carbocycles. The fourth-order valence-electron chi connectivity index (χ4n) is 3.14. The first kappa shape index (κ1) is 18.4. The van der Waals surface area contributed by atoms with Gasteiger partial charge in [0.2, 0.25) is 5.78 Å². The standard InChI is InChI=1S/C20H16N4O5/c1-23-17(25)14-9-5-6-10-15(14)24-16(21-22-20(23)24)11-29-19(27)13-8-4-3-7-12(13)18(26)28-2/h3-10H,11H2,1-2H3. The van der Waals surface area contributed by atoms with E-state index in [1.165, 1.54) is 23.8 Å². The van der Waals surface area contributed by atoms with Crippen LogP contribution >= 0.6 is 0 Å². The van der Waals surface area contributed by atoms with Crippen LogP contribution in [0.25, 0.3) is 16.7 Å². The average molecular weight is 392 g/mol. The Bertz CT molecular complexity index is 1320. The summed E-state index contributed by atoms with van der Waals surface area (Å²) in [7, 11) is 2.84. The SMILES string of the molecule is COC(=O)c1ccccc1C(=O)OCc1nnc2n(C)c(=O)c3ccccc3n12. The fourth-order valence-corrected chi connectivity index (χ4v) is 3.14. The van der Waals surface area contributed by atoms with Gasteiger partial charge in [-0.05, 0) is 24.3 Å². The predicted octanol–water partition coefficient (Wildman–Crippen LogP) is 1.72. The summed E-state index contributed by atoms with van der Waals surface area (Å²) in [4.78, 5) is 36.9. The molecule has 0 bridgehead atoms. The van der Waals surface area contributed by atoms with Crippen molar-refractivity contribution in [1.82, 2.24) is 19.2 Å². The van der Waals surface area contributed by atoms with Crippen LogP contribution in [0.4, 0.5) is 0 Å². The Kier molecular flexibility index (Phi) is 4.55. The van der Waals surface area contributed by atoms with Crippen LogP contribution in [-0.2, 0) is 23.1 Å². The van der Waals surface area contributed by atoms with Crippen LogP contribution < -0.4 is 5.56 Å². The van der Waals surface area contributed by atoms with Gasteiger partial charge in [-0.2, -0.15) is 0 Å². The van der Waals surface area contributed by atoms with Gasteiger partial charge in [0.15, 0.2) is 12.4 Å². The number of hydrogen-bond donors (Lipinski definition) is 0. The zero-order chi connectivity index (χ0) is 20.5. The van der Waals surface area contributed by atoms with Gasteiger partial charge in [0.1, 0.15) is 0 Å². The highest BCUT2D eigenvalue weighted by atomic mass is 16.5. The number of nitrogens with zero attached hydrogens (tertiary/aromatic N) is 4. The number of methoxy groups -OCH3 is 1. The highest BCUT2D eigenvalue weighted by Crippen LogP contribution is 2.16. The first-order valence-corrected chi connectivity index (χ1v) is 8.69. The molecule has 4 aromatic rings. The maximum atomic E-state index is 12.6. The highest BCUT2D eigenvalue weighted by molar-refractivity contribution is 6.03. The Labute approximate surface area is 164 Å². The smallest absolute Gasteiger partial charge is 0.339 e. The van der Waals surface area contributed by atoms with Crippen molar-refractivity contribution in [2.45, 2.75) is 6.61 Å². The number of aromatic nitrogens is 4. The number of benzene rings is 2. The Hall–Kier alpha value is -4.01. The number of aryl methyl sites for hydroxylation is 1. The molecule has 4 rings (SSSR count). The number of ether oxygens (including phenoxy) is 2. The van der Waals surface area contributed by atoms with Crippen LogP contribution in [-0.4, -0.2) is 38.2 Å². The average Bonchev–Trinajstić information content (AvgIpc) is 3.19. The number of carbonyl (C=O) groups excluding carboxylic acids is 2. The monoisotopic (exact) mass is 392 g/mol. The van der Waals surface area contributed by atoms with Crippen molar-refractivity contribution in [1.29, 1.82) is 0 Å². The molecule has 9 heteroatoms. The molecule has 2 heterocycles. The minimum absolute atomic E-state index is 0.0884. The molecule has 0 saturated carbocycles. The number of fused-ring (bicyclic) bond motifs is 3. The van der Waals surface area contributed by atoms with E-state index in [0.717, 1.165) is 0 Å². The van der Waals surface area contributed by atoms with E-state index < -0.39 is 11.9 Å². The minimum atomic E-state index is -0.697. The third kappa shape index (κ3) is 3.02. The van der Waals surface area contributed by atoms with Gasteiger partial charge < -0.3 is 9.47 Å². The van der Waals surface area contributed by atoms with E-state index in [2.05, 4.69) is 10.2 Å². The van der Waals surface area contributed by atoms with Crippen molar-refractivity contribution in [3.63, 3.8) is 0 Å². The number of hydrogen-bond acceptors (Lipinski definition) is 7.